The molecular weight excluding hydrogens is 330 g/mol. The number of halogens is 1. The molecule has 1 aromatic carbocycles. The van der Waals surface area contributed by atoms with Crippen LogP contribution in [0.2, 0.25) is 5.02 Å². The summed E-state index contributed by atoms with van der Waals surface area (Å²) in [7, 11) is -3.69. The van der Waals surface area contributed by atoms with Crippen LogP contribution in [-0.4, -0.2) is 32.1 Å². The third-order valence-corrected chi connectivity index (χ3v) is 4.91. The van der Waals surface area contributed by atoms with Gasteiger partial charge in [0.15, 0.2) is 6.61 Å². The second-order valence-electron chi connectivity index (χ2n) is 4.86. The average molecular weight is 346 g/mol. The van der Waals surface area contributed by atoms with Crippen LogP contribution in [0.1, 0.15) is 19.3 Å². The maximum atomic E-state index is 12.3. The van der Waals surface area contributed by atoms with E-state index in [1.54, 1.807) is 0 Å². The van der Waals surface area contributed by atoms with Gasteiger partial charge in [0, 0.05) is 6.04 Å². The number of ether oxygens (including phenoxy) is 1. The van der Waals surface area contributed by atoms with Crippen molar-refractivity contribution in [1.29, 1.82) is 0 Å². The van der Waals surface area contributed by atoms with E-state index in [2.05, 4.69) is 4.72 Å². The Morgan fingerprint density at radius 2 is 2.23 bits per heavy atom. The highest BCUT2D eigenvalue weighted by atomic mass is 35.5. The average Bonchev–Trinajstić information content (AvgIpc) is 2.46. The van der Waals surface area contributed by atoms with Crippen molar-refractivity contribution in [2.75, 3.05) is 6.61 Å². The number of hydrogen-bond donors (Lipinski definition) is 2. The molecule has 2 N–H and O–H groups in total. The van der Waals surface area contributed by atoms with Crippen molar-refractivity contribution in [3.8, 4) is 5.75 Å². The highest BCUT2D eigenvalue weighted by Gasteiger charge is 2.20. The van der Waals surface area contributed by atoms with Gasteiger partial charge in [-0.25, -0.2) is 17.9 Å². The monoisotopic (exact) mass is 345 g/mol. The number of sulfonamides is 1. The predicted molar refractivity (Wildman–Crippen MR) is 81.7 cm³/mol. The lowest BCUT2D eigenvalue weighted by molar-refractivity contribution is -0.139. The smallest absolute Gasteiger partial charge is 0.341 e. The largest absolute Gasteiger partial charge is 0.480 e. The Hall–Kier alpha value is -1.57. The van der Waals surface area contributed by atoms with E-state index in [1.165, 1.54) is 18.2 Å². The van der Waals surface area contributed by atoms with E-state index in [0.29, 0.717) is 0 Å². The van der Waals surface area contributed by atoms with E-state index in [4.69, 9.17) is 21.4 Å². The second kappa shape index (κ2) is 7.13. The van der Waals surface area contributed by atoms with Gasteiger partial charge in [0.05, 0.1) is 9.92 Å². The molecule has 1 aromatic rings. The highest BCUT2D eigenvalue weighted by molar-refractivity contribution is 7.89. The van der Waals surface area contributed by atoms with Gasteiger partial charge in [-0.1, -0.05) is 23.8 Å². The Kier molecular flexibility index (Phi) is 5.44. The van der Waals surface area contributed by atoms with Gasteiger partial charge in [0.25, 0.3) is 0 Å². The fraction of sp³-hybridized carbons (Fsp3) is 0.357. The first-order valence-electron chi connectivity index (χ1n) is 6.71. The van der Waals surface area contributed by atoms with Gasteiger partial charge >= 0.3 is 5.97 Å². The molecule has 22 heavy (non-hydrogen) atoms. The molecule has 0 aromatic heterocycles. The minimum absolute atomic E-state index is 0.0131. The SMILES string of the molecule is O=C(O)COc1ccc(S(=O)(=O)NC2C=CCCC2)cc1Cl. The molecule has 6 nitrogen and oxygen atoms in total. The molecule has 0 saturated heterocycles. The molecule has 1 atom stereocenters. The molecule has 0 radical (unpaired) electrons. The van der Waals surface area contributed by atoms with Crippen LogP contribution in [0.4, 0.5) is 0 Å². The zero-order valence-corrected chi connectivity index (χ0v) is 13.2. The third-order valence-electron chi connectivity index (χ3n) is 3.13. The van der Waals surface area contributed by atoms with Gasteiger partial charge in [0.2, 0.25) is 10.0 Å². The molecule has 0 amide bonds. The zero-order chi connectivity index (χ0) is 16.2. The minimum Gasteiger partial charge on any atom is -0.480 e. The summed E-state index contributed by atoms with van der Waals surface area (Å²) in [5.74, 6) is -1.01. The molecule has 0 spiro atoms. The molecule has 0 aliphatic heterocycles. The Morgan fingerprint density at radius 1 is 1.45 bits per heavy atom. The van der Waals surface area contributed by atoms with Crippen molar-refractivity contribution in [3.05, 3.63) is 35.4 Å². The Morgan fingerprint density at radius 3 is 2.82 bits per heavy atom. The molecule has 0 saturated carbocycles. The molecule has 1 aliphatic carbocycles. The number of hydrogen-bond acceptors (Lipinski definition) is 4. The van der Waals surface area contributed by atoms with Crippen LogP contribution in [0.5, 0.6) is 5.75 Å². The summed E-state index contributed by atoms with van der Waals surface area (Å²) in [5.41, 5.74) is 0. The molecule has 1 unspecified atom stereocenters. The first-order chi connectivity index (χ1) is 10.4. The van der Waals surface area contributed by atoms with Gasteiger partial charge in [-0.3, -0.25) is 0 Å². The van der Waals surface area contributed by atoms with E-state index >= 15 is 0 Å². The van der Waals surface area contributed by atoms with Crippen LogP contribution in [0.25, 0.3) is 0 Å². The molecule has 120 valence electrons. The number of allylic oxidation sites excluding steroid dienone is 1. The van der Waals surface area contributed by atoms with E-state index in [9.17, 15) is 13.2 Å². The van der Waals surface area contributed by atoms with Gasteiger partial charge in [0.1, 0.15) is 5.75 Å². The Bertz CT molecular complexity index is 686. The van der Waals surface area contributed by atoms with Crippen molar-refractivity contribution in [2.24, 2.45) is 0 Å². The maximum Gasteiger partial charge on any atom is 0.341 e. The number of aliphatic carboxylic acids is 1. The summed E-state index contributed by atoms with van der Waals surface area (Å²) < 4.78 is 32.1. The van der Waals surface area contributed by atoms with Crippen LogP contribution < -0.4 is 9.46 Å². The Balaban J connectivity index is 2.13. The molecule has 0 bridgehead atoms. The number of rotatable bonds is 6. The highest BCUT2D eigenvalue weighted by Crippen LogP contribution is 2.27. The van der Waals surface area contributed by atoms with Gasteiger partial charge in [-0.05, 0) is 37.5 Å². The first kappa shape index (κ1) is 16.8. The van der Waals surface area contributed by atoms with E-state index < -0.39 is 22.6 Å². The van der Waals surface area contributed by atoms with Crippen molar-refractivity contribution in [3.63, 3.8) is 0 Å². The third kappa shape index (κ3) is 4.46. The first-order valence-corrected chi connectivity index (χ1v) is 8.58. The fourth-order valence-corrected chi connectivity index (χ4v) is 3.63. The number of carbonyl (C=O) groups is 1. The lowest BCUT2D eigenvalue weighted by Crippen LogP contribution is -2.34. The van der Waals surface area contributed by atoms with Crippen LogP contribution in [0.3, 0.4) is 0 Å². The zero-order valence-electron chi connectivity index (χ0n) is 11.7. The molecule has 1 aliphatic rings. The molecule has 0 heterocycles. The predicted octanol–water partition coefficient (Wildman–Crippen LogP) is 2.19. The van der Waals surface area contributed by atoms with Crippen molar-refractivity contribution < 1.29 is 23.1 Å². The van der Waals surface area contributed by atoms with Gasteiger partial charge in [-0.2, -0.15) is 0 Å². The number of carboxylic acid groups (broad SMARTS) is 1. The topological polar surface area (TPSA) is 92.7 Å². The lowest BCUT2D eigenvalue weighted by Gasteiger charge is -2.18. The molecule has 2 rings (SSSR count). The van der Waals surface area contributed by atoms with Crippen molar-refractivity contribution in [2.45, 2.75) is 30.2 Å². The fourth-order valence-electron chi connectivity index (χ4n) is 2.08. The summed E-state index contributed by atoms with van der Waals surface area (Å²) in [6.45, 7) is -0.545. The van der Waals surface area contributed by atoms with Crippen molar-refractivity contribution >= 4 is 27.6 Å². The van der Waals surface area contributed by atoms with Crippen LogP contribution in [0.15, 0.2) is 35.2 Å². The molecule has 8 heteroatoms. The Labute approximate surface area is 133 Å². The minimum atomic E-state index is -3.69. The summed E-state index contributed by atoms with van der Waals surface area (Å²) in [6.07, 6.45) is 6.44. The van der Waals surface area contributed by atoms with Crippen LogP contribution >= 0.6 is 11.6 Å². The van der Waals surface area contributed by atoms with Gasteiger partial charge in [-0.15, -0.1) is 0 Å². The maximum absolute atomic E-state index is 12.3. The summed E-state index contributed by atoms with van der Waals surface area (Å²) in [6, 6.07) is 3.70. The number of nitrogens with one attached hydrogen (secondary N) is 1. The van der Waals surface area contributed by atoms with Crippen LogP contribution in [-0.2, 0) is 14.8 Å². The lowest BCUT2D eigenvalue weighted by atomic mass is 10.0. The summed E-state index contributed by atoms with van der Waals surface area (Å²) >= 11 is 5.94. The van der Waals surface area contributed by atoms with E-state index in [-0.39, 0.29) is 21.7 Å². The van der Waals surface area contributed by atoms with Crippen LogP contribution in [0, 0.1) is 0 Å². The van der Waals surface area contributed by atoms with E-state index in [0.717, 1.165) is 19.3 Å². The van der Waals surface area contributed by atoms with Gasteiger partial charge < -0.3 is 9.84 Å². The normalized spacial score (nSPS) is 18.1. The van der Waals surface area contributed by atoms with E-state index in [1.807, 2.05) is 12.2 Å². The summed E-state index contributed by atoms with van der Waals surface area (Å²) in [5, 5.41) is 8.60. The summed E-state index contributed by atoms with van der Waals surface area (Å²) in [4.78, 5) is 10.5. The number of carboxylic acids is 1. The number of benzene rings is 1. The quantitative estimate of drug-likeness (QED) is 0.771. The standard InChI is InChI=1S/C14H16ClNO5S/c15-12-8-11(6-7-13(12)21-9-14(17)18)22(19,20)16-10-4-2-1-3-5-10/h2,4,6-8,10,16H,1,3,5,9H2,(H,17,18). The second-order valence-corrected chi connectivity index (χ2v) is 6.98. The molecule has 0 fully saturated rings. The molecular formula is C14H16ClNO5S. The van der Waals surface area contributed by atoms with Crippen molar-refractivity contribution in [1.82, 2.24) is 4.72 Å².